The van der Waals surface area contributed by atoms with E-state index in [9.17, 15) is 8.78 Å². The Kier molecular flexibility index (Phi) is 4.85. The normalized spacial score (nSPS) is 19.4. The summed E-state index contributed by atoms with van der Waals surface area (Å²) >= 11 is 0. The second kappa shape index (κ2) is 7.44. The smallest absolute Gasteiger partial charge is 0.173 e. The lowest BCUT2D eigenvalue weighted by atomic mass is 9.95. The molecule has 1 fully saturated rings. The Labute approximate surface area is 155 Å². The molecule has 7 heteroatoms. The lowest BCUT2D eigenvalue weighted by molar-refractivity contribution is 0.181. The first-order valence-electron chi connectivity index (χ1n) is 8.71. The van der Waals surface area contributed by atoms with E-state index >= 15 is 0 Å². The third-order valence-corrected chi connectivity index (χ3v) is 4.94. The van der Waals surface area contributed by atoms with E-state index < -0.39 is 11.6 Å². The molecule has 2 aromatic heterocycles. The molecule has 1 aliphatic heterocycles. The number of benzene rings is 1. The van der Waals surface area contributed by atoms with Gasteiger partial charge < -0.3 is 14.0 Å². The van der Waals surface area contributed by atoms with Gasteiger partial charge in [-0.15, -0.1) is 0 Å². The molecule has 5 nitrogen and oxygen atoms in total. The summed E-state index contributed by atoms with van der Waals surface area (Å²) in [4.78, 5) is 8.34. The average molecular weight is 371 g/mol. The number of pyridine rings is 1. The van der Waals surface area contributed by atoms with Crippen LogP contribution >= 0.6 is 0 Å². The summed E-state index contributed by atoms with van der Waals surface area (Å²) in [6, 6.07) is 6.37. The first-order valence-corrected chi connectivity index (χ1v) is 8.71. The van der Waals surface area contributed by atoms with Gasteiger partial charge in [-0.25, -0.2) is 13.8 Å². The Hall–Kier alpha value is -2.80. The standard InChI is InChI=1S/C20H19F2N3O2/c1-26-17-3-2-15(21)19(22)18(17)20-24-8-9-25(20)16-12-27-11-14(16)10-13-4-6-23-7-5-13/h2-9,14,16H,10-12H2,1H3/t14-,16-/m1/s1. The number of nitrogens with zero attached hydrogens (tertiary/aromatic N) is 3. The minimum Gasteiger partial charge on any atom is -0.496 e. The molecule has 1 aliphatic rings. The van der Waals surface area contributed by atoms with E-state index in [1.54, 1.807) is 24.8 Å². The molecular formula is C20H19F2N3O2. The molecule has 0 spiro atoms. The van der Waals surface area contributed by atoms with Crippen LogP contribution in [0.25, 0.3) is 11.4 Å². The fraction of sp³-hybridized carbons (Fsp3) is 0.300. The molecule has 2 atom stereocenters. The zero-order chi connectivity index (χ0) is 18.8. The molecule has 1 saturated heterocycles. The van der Waals surface area contributed by atoms with E-state index in [2.05, 4.69) is 9.97 Å². The van der Waals surface area contributed by atoms with Crippen LogP contribution in [0.2, 0.25) is 0 Å². The number of rotatable bonds is 5. The van der Waals surface area contributed by atoms with Crippen molar-refractivity contribution >= 4 is 0 Å². The monoisotopic (exact) mass is 371 g/mol. The number of hydrogen-bond donors (Lipinski definition) is 0. The van der Waals surface area contributed by atoms with Crippen molar-refractivity contribution < 1.29 is 18.3 Å². The van der Waals surface area contributed by atoms with Gasteiger partial charge in [-0.05, 0) is 36.2 Å². The van der Waals surface area contributed by atoms with Crippen LogP contribution in [0.4, 0.5) is 8.78 Å². The second-order valence-electron chi connectivity index (χ2n) is 6.52. The first kappa shape index (κ1) is 17.6. The van der Waals surface area contributed by atoms with Gasteiger partial charge in [0.25, 0.3) is 0 Å². The van der Waals surface area contributed by atoms with Gasteiger partial charge in [0.15, 0.2) is 11.6 Å². The van der Waals surface area contributed by atoms with E-state index in [1.807, 2.05) is 16.7 Å². The van der Waals surface area contributed by atoms with Crippen LogP contribution in [0.15, 0.2) is 49.1 Å². The van der Waals surface area contributed by atoms with Crippen LogP contribution < -0.4 is 4.74 Å². The van der Waals surface area contributed by atoms with Crippen molar-refractivity contribution in [2.24, 2.45) is 5.92 Å². The number of aromatic nitrogens is 3. The summed E-state index contributed by atoms with van der Waals surface area (Å²) in [5.41, 5.74) is 1.18. The van der Waals surface area contributed by atoms with Crippen molar-refractivity contribution in [3.05, 3.63) is 66.3 Å². The summed E-state index contributed by atoms with van der Waals surface area (Å²) < 4.78 is 41.3. The molecule has 0 saturated carbocycles. The zero-order valence-corrected chi connectivity index (χ0v) is 14.8. The first-order chi connectivity index (χ1) is 13.2. The van der Waals surface area contributed by atoms with Gasteiger partial charge in [-0.3, -0.25) is 4.98 Å². The van der Waals surface area contributed by atoms with E-state index in [0.717, 1.165) is 18.1 Å². The van der Waals surface area contributed by atoms with E-state index in [4.69, 9.17) is 9.47 Å². The molecule has 0 N–H and O–H groups in total. The van der Waals surface area contributed by atoms with Gasteiger partial charge in [-0.1, -0.05) is 0 Å². The summed E-state index contributed by atoms with van der Waals surface area (Å²) in [7, 11) is 1.42. The maximum Gasteiger partial charge on any atom is 0.173 e. The van der Waals surface area contributed by atoms with Crippen molar-refractivity contribution in [1.82, 2.24) is 14.5 Å². The van der Waals surface area contributed by atoms with Crippen LogP contribution in [-0.4, -0.2) is 34.9 Å². The Morgan fingerprint density at radius 1 is 1.15 bits per heavy atom. The third kappa shape index (κ3) is 3.30. The second-order valence-corrected chi connectivity index (χ2v) is 6.52. The van der Waals surface area contributed by atoms with E-state index in [1.165, 1.54) is 13.2 Å². The maximum atomic E-state index is 14.6. The Morgan fingerprint density at radius 2 is 1.96 bits per heavy atom. The quantitative estimate of drug-likeness (QED) is 0.687. The molecule has 0 amide bonds. The van der Waals surface area contributed by atoms with Gasteiger partial charge in [-0.2, -0.15) is 0 Å². The molecule has 27 heavy (non-hydrogen) atoms. The van der Waals surface area contributed by atoms with Crippen molar-refractivity contribution in [3.63, 3.8) is 0 Å². The predicted octanol–water partition coefficient (Wildman–Crippen LogP) is 3.66. The highest BCUT2D eigenvalue weighted by Gasteiger charge is 2.32. The maximum absolute atomic E-state index is 14.6. The summed E-state index contributed by atoms with van der Waals surface area (Å²) in [6.07, 6.45) is 7.68. The molecule has 0 radical (unpaired) electrons. The predicted molar refractivity (Wildman–Crippen MR) is 95.4 cm³/mol. The molecule has 0 unspecified atom stereocenters. The highest BCUT2D eigenvalue weighted by Crippen LogP contribution is 2.37. The van der Waals surface area contributed by atoms with Crippen LogP contribution in [-0.2, 0) is 11.2 Å². The van der Waals surface area contributed by atoms with E-state index in [0.29, 0.717) is 19.0 Å². The lowest BCUT2D eigenvalue weighted by Crippen LogP contribution is -2.20. The van der Waals surface area contributed by atoms with Gasteiger partial charge in [0, 0.05) is 30.7 Å². The van der Waals surface area contributed by atoms with Crippen molar-refractivity contribution in [1.29, 1.82) is 0 Å². The van der Waals surface area contributed by atoms with Crippen LogP contribution in [0.5, 0.6) is 5.75 Å². The minimum atomic E-state index is -0.966. The number of halogens is 2. The summed E-state index contributed by atoms with van der Waals surface area (Å²) in [6.45, 7) is 1.08. The van der Waals surface area contributed by atoms with Crippen molar-refractivity contribution in [2.75, 3.05) is 20.3 Å². The SMILES string of the molecule is COc1ccc(F)c(F)c1-c1nccn1[C@@H]1COC[C@H]1Cc1ccncc1. The molecular weight excluding hydrogens is 352 g/mol. The molecule has 3 heterocycles. The Morgan fingerprint density at radius 3 is 2.74 bits per heavy atom. The zero-order valence-electron chi connectivity index (χ0n) is 14.8. The van der Waals surface area contributed by atoms with Gasteiger partial charge in [0.2, 0.25) is 0 Å². The molecule has 0 bridgehead atoms. The fourth-order valence-electron chi connectivity index (χ4n) is 3.60. The average Bonchev–Trinajstić information content (AvgIpc) is 3.33. The van der Waals surface area contributed by atoms with Crippen molar-refractivity contribution in [2.45, 2.75) is 12.5 Å². The number of imidazole rings is 1. The van der Waals surface area contributed by atoms with Gasteiger partial charge in [0.05, 0.1) is 31.9 Å². The Bertz CT molecular complexity index is 930. The molecule has 1 aromatic carbocycles. The lowest BCUT2D eigenvalue weighted by Gasteiger charge is -2.22. The van der Waals surface area contributed by atoms with Crippen LogP contribution in [0.1, 0.15) is 11.6 Å². The highest BCUT2D eigenvalue weighted by molar-refractivity contribution is 5.65. The topological polar surface area (TPSA) is 49.2 Å². The fourth-order valence-corrected chi connectivity index (χ4v) is 3.60. The minimum absolute atomic E-state index is 0.0251. The number of hydrogen-bond acceptors (Lipinski definition) is 4. The van der Waals surface area contributed by atoms with Gasteiger partial charge in [0.1, 0.15) is 11.6 Å². The molecule has 3 aromatic rings. The summed E-state index contributed by atoms with van der Waals surface area (Å²) in [5.74, 6) is -1.14. The molecule has 0 aliphatic carbocycles. The van der Waals surface area contributed by atoms with Crippen LogP contribution in [0.3, 0.4) is 0 Å². The number of methoxy groups -OCH3 is 1. The largest absolute Gasteiger partial charge is 0.496 e. The highest BCUT2D eigenvalue weighted by atomic mass is 19.2. The third-order valence-electron chi connectivity index (χ3n) is 4.94. The van der Waals surface area contributed by atoms with Crippen molar-refractivity contribution in [3.8, 4) is 17.1 Å². The summed E-state index contributed by atoms with van der Waals surface area (Å²) in [5, 5.41) is 0. The van der Waals surface area contributed by atoms with Gasteiger partial charge >= 0.3 is 0 Å². The Balaban J connectivity index is 1.71. The van der Waals surface area contributed by atoms with Crippen LogP contribution in [0, 0.1) is 17.6 Å². The van der Waals surface area contributed by atoms with E-state index in [-0.39, 0.29) is 23.3 Å². The molecule has 140 valence electrons. The molecule has 4 rings (SSSR count). The number of ether oxygens (including phenoxy) is 2.